The van der Waals surface area contributed by atoms with Crippen molar-refractivity contribution in [3.63, 3.8) is 0 Å². The van der Waals surface area contributed by atoms with E-state index in [0.717, 1.165) is 35.7 Å². The molecule has 1 aliphatic rings. The summed E-state index contributed by atoms with van der Waals surface area (Å²) < 4.78 is 16.1. The predicted octanol–water partition coefficient (Wildman–Crippen LogP) is 5.69. The first-order valence-electron chi connectivity index (χ1n) is 11.0. The molecular formula is C27H25FN2O2. The Balaban J connectivity index is 1.54. The summed E-state index contributed by atoms with van der Waals surface area (Å²) in [4.78, 5) is 12.4. The van der Waals surface area contributed by atoms with E-state index in [9.17, 15) is 14.3 Å². The summed E-state index contributed by atoms with van der Waals surface area (Å²) in [5, 5.41) is 14.7. The number of para-hydroxylation sites is 1. The van der Waals surface area contributed by atoms with Crippen molar-refractivity contribution >= 4 is 16.9 Å². The summed E-state index contributed by atoms with van der Waals surface area (Å²) in [5.41, 5.74) is 4.88. The molecule has 5 heteroatoms. The maximum atomic E-state index is 14.4. The van der Waals surface area contributed by atoms with Crippen LogP contribution < -0.4 is 5.32 Å². The van der Waals surface area contributed by atoms with Gasteiger partial charge in [0.15, 0.2) is 0 Å². The molecule has 0 saturated carbocycles. The molecule has 1 heterocycles. The zero-order valence-corrected chi connectivity index (χ0v) is 17.7. The molecule has 5 rings (SSSR count). The van der Waals surface area contributed by atoms with Crippen LogP contribution in [0.4, 0.5) is 4.39 Å². The van der Waals surface area contributed by atoms with Gasteiger partial charge in [0.1, 0.15) is 11.5 Å². The number of fused-ring (bicyclic) bond motifs is 2. The van der Waals surface area contributed by atoms with Crippen molar-refractivity contribution in [2.24, 2.45) is 0 Å². The molecule has 0 aliphatic heterocycles. The summed E-state index contributed by atoms with van der Waals surface area (Å²) in [5.74, 6) is -1.33. The van der Waals surface area contributed by atoms with Crippen molar-refractivity contribution in [1.82, 2.24) is 9.88 Å². The van der Waals surface area contributed by atoms with Gasteiger partial charge in [-0.05, 0) is 42.5 Å². The topological polar surface area (TPSA) is 54.3 Å². The molecule has 1 aliphatic carbocycles. The molecule has 0 spiro atoms. The van der Waals surface area contributed by atoms with Crippen LogP contribution in [0.1, 0.15) is 51.6 Å². The van der Waals surface area contributed by atoms with Crippen LogP contribution in [0.3, 0.4) is 0 Å². The van der Waals surface area contributed by atoms with Crippen LogP contribution in [-0.4, -0.2) is 15.6 Å². The number of nitrogens with zero attached hydrogens (tertiary/aromatic N) is 1. The largest absolute Gasteiger partial charge is 0.477 e. The molecule has 0 amide bonds. The molecule has 4 aromatic rings. The van der Waals surface area contributed by atoms with E-state index in [1.165, 1.54) is 17.2 Å². The molecule has 1 unspecified atom stereocenters. The lowest BCUT2D eigenvalue weighted by Crippen LogP contribution is -2.25. The number of carbonyl (C=O) groups is 1. The van der Waals surface area contributed by atoms with Gasteiger partial charge in [-0.2, -0.15) is 0 Å². The van der Waals surface area contributed by atoms with Crippen LogP contribution >= 0.6 is 0 Å². The molecule has 3 aromatic carbocycles. The minimum Gasteiger partial charge on any atom is -0.477 e. The third kappa shape index (κ3) is 3.69. The molecule has 0 bridgehead atoms. The van der Waals surface area contributed by atoms with Crippen molar-refractivity contribution in [1.29, 1.82) is 0 Å². The molecule has 32 heavy (non-hydrogen) atoms. The minimum atomic E-state index is -1.00. The Morgan fingerprint density at radius 3 is 2.62 bits per heavy atom. The summed E-state index contributed by atoms with van der Waals surface area (Å²) in [6, 6.07) is 22.8. The number of hydrogen-bond acceptors (Lipinski definition) is 2. The summed E-state index contributed by atoms with van der Waals surface area (Å²) >= 11 is 0. The van der Waals surface area contributed by atoms with E-state index >= 15 is 0 Å². The molecule has 0 saturated heterocycles. The Hall–Kier alpha value is -3.44. The number of carboxylic acids is 1. The lowest BCUT2D eigenvalue weighted by molar-refractivity contribution is 0.0684. The van der Waals surface area contributed by atoms with Crippen molar-refractivity contribution < 1.29 is 14.3 Å². The standard InChI is InChI=1S/C27H25FN2O2/c28-23-13-5-2-9-19(23)17-30-25-15-6-4-12-21(25)22(26(30)27(31)32)16-29-24-14-7-10-18-8-1-3-11-20(18)24/h1-6,8-9,11-13,15,24,29H,7,10,14,16-17H2,(H,31,32). The Bertz CT molecular complexity index is 1290. The SMILES string of the molecule is O=C(O)c1c(CNC2CCCc3ccccc32)c2ccccc2n1Cc1ccccc1F. The van der Waals surface area contributed by atoms with E-state index in [4.69, 9.17) is 0 Å². The van der Waals surface area contributed by atoms with Crippen LogP contribution in [0.15, 0.2) is 72.8 Å². The van der Waals surface area contributed by atoms with Gasteiger partial charge >= 0.3 is 5.97 Å². The second-order valence-electron chi connectivity index (χ2n) is 8.35. The minimum absolute atomic E-state index is 0.168. The van der Waals surface area contributed by atoms with Crippen LogP contribution in [0, 0.1) is 5.82 Å². The van der Waals surface area contributed by atoms with Crippen molar-refractivity contribution in [3.8, 4) is 0 Å². The Morgan fingerprint density at radius 1 is 1.03 bits per heavy atom. The number of aryl methyl sites for hydroxylation is 1. The van der Waals surface area contributed by atoms with Gasteiger partial charge in [-0.25, -0.2) is 9.18 Å². The summed E-state index contributed by atoms with van der Waals surface area (Å²) in [6.45, 7) is 0.604. The van der Waals surface area contributed by atoms with E-state index < -0.39 is 5.97 Å². The molecular weight excluding hydrogens is 403 g/mol. The van der Waals surface area contributed by atoms with Gasteiger partial charge in [-0.3, -0.25) is 0 Å². The maximum absolute atomic E-state index is 14.4. The third-order valence-electron chi connectivity index (χ3n) is 6.46. The van der Waals surface area contributed by atoms with Gasteiger partial charge in [0.2, 0.25) is 0 Å². The first-order chi connectivity index (χ1) is 15.6. The Labute approximate surface area is 186 Å². The molecule has 0 radical (unpaired) electrons. The molecule has 4 nitrogen and oxygen atoms in total. The number of aromatic carboxylic acids is 1. The zero-order valence-electron chi connectivity index (χ0n) is 17.7. The van der Waals surface area contributed by atoms with Gasteiger partial charge < -0.3 is 15.0 Å². The fourth-order valence-corrected chi connectivity index (χ4v) is 4.95. The fourth-order valence-electron chi connectivity index (χ4n) is 4.95. The monoisotopic (exact) mass is 428 g/mol. The second-order valence-corrected chi connectivity index (χ2v) is 8.35. The van der Waals surface area contributed by atoms with Crippen LogP contribution in [0.5, 0.6) is 0 Å². The highest BCUT2D eigenvalue weighted by atomic mass is 19.1. The van der Waals surface area contributed by atoms with Gasteiger partial charge in [-0.15, -0.1) is 0 Å². The Morgan fingerprint density at radius 2 is 1.78 bits per heavy atom. The number of carboxylic acid groups (broad SMARTS) is 1. The number of benzene rings is 3. The van der Waals surface area contributed by atoms with Crippen molar-refractivity contribution in [2.45, 2.75) is 38.4 Å². The normalized spacial score (nSPS) is 15.6. The van der Waals surface area contributed by atoms with Gasteiger partial charge in [-0.1, -0.05) is 60.7 Å². The zero-order chi connectivity index (χ0) is 22.1. The number of halogens is 1. The average Bonchev–Trinajstić information content (AvgIpc) is 3.13. The summed E-state index contributed by atoms with van der Waals surface area (Å²) in [6.07, 6.45) is 3.21. The van der Waals surface area contributed by atoms with E-state index in [2.05, 4.69) is 29.6 Å². The van der Waals surface area contributed by atoms with Gasteiger partial charge in [0.25, 0.3) is 0 Å². The molecule has 162 valence electrons. The van der Waals surface area contributed by atoms with Gasteiger partial charge in [0, 0.05) is 34.6 Å². The number of aromatic nitrogens is 1. The van der Waals surface area contributed by atoms with E-state index in [1.54, 1.807) is 22.8 Å². The molecule has 1 atom stereocenters. The van der Waals surface area contributed by atoms with Crippen LogP contribution in [0.2, 0.25) is 0 Å². The van der Waals surface area contributed by atoms with Crippen molar-refractivity contribution in [2.75, 3.05) is 0 Å². The average molecular weight is 429 g/mol. The van der Waals surface area contributed by atoms with E-state index in [-0.39, 0.29) is 24.1 Å². The van der Waals surface area contributed by atoms with E-state index in [1.807, 2.05) is 24.3 Å². The van der Waals surface area contributed by atoms with Crippen LogP contribution in [0.25, 0.3) is 10.9 Å². The highest BCUT2D eigenvalue weighted by Crippen LogP contribution is 2.32. The second kappa shape index (κ2) is 8.60. The highest BCUT2D eigenvalue weighted by molar-refractivity contribution is 5.98. The molecule has 1 aromatic heterocycles. The first kappa shape index (κ1) is 20.5. The summed E-state index contributed by atoms with van der Waals surface area (Å²) in [7, 11) is 0. The Kier molecular flexibility index (Phi) is 5.50. The third-order valence-corrected chi connectivity index (χ3v) is 6.46. The predicted molar refractivity (Wildman–Crippen MR) is 123 cm³/mol. The number of nitrogens with one attached hydrogen (secondary N) is 1. The maximum Gasteiger partial charge on any atom is 0.352 e. The molecule has 0 fully saturated rings. The fraction of sp³-hybridized carbons (Fsp3) is 0.222. The van der Waals surface area contributed by atoms with E-state index in [0.29, 0.717) is 12.1 Å². The lowest BCUT2D eigenvalue weighted by Gasteiger charge is -2.26. The van der Waals surface area contributed by atoms with Crippen LogP contribution in [-0.2, 0) is 19.5 Å². The molecule has 2 N–H and O–H groups in total. The number of rotatable bonds is 6. The first-order valence-corrected chi connectivity index (χ1v) is 11.0. The smallest absolute Gasteiger partial charge is 0.352 e. The highest BCUT2D eigenvalue weighted by Gasteiger charge is 2.25. The quantitative estimate of drug-likeness (QED) is 0.415. The van der Waals surface area contributed by atoms with Crippen molar-refractivity contribution in [3.05, 3.63) is 107 Å². The lowest BCUT2D eigenvalue weighted by atomic mass is 9.87. The van der Waals surface area contributed by atoms with Gasteiger partial charge in [0.05, 0.1) is 6.54 Å². The number of hydrogen-bond donors (Lipinski definition) is 2.